The predicted octanol–water partition coefficient (Wildman–Crippen LogP) is 2.79. The largest absolute Gasteiger partial charge is 0.398 e. The maximum absolute atomic E-state index is 12.3. The van der Waals surface area contributed by atoms with Gasteiger partial charge < -0.3 is 10.6 Å². The predicted molar refractivity (Wildman–Crippen MR) is 70.1 cm³/mol. The minimum absolute atomic E-state index is 0.0102. The molecular weight excluding hydrogens is 236 g/mol. The molecule has 1 fully saturated rings. The second kappa shape index (κ2) is 4.57. The maximum Gasteiger partial charge on any atom is 0.256 e. The Labute approximate surface area is 107 Å². The van der Waals surface area contributed by atoms with Crippen LogP contribution in [0.3, 0.4) is 0 Å². The van der Waals surface area contributed by atoms with Crippen LogP contribution < -0.4 is 5.73 Å². The summed E-state index contributed by atoms with van der Waals surface area (Å²) in [4.78, 5) is 14.2. The molecule has 2 N–H and O–H groups in total. The molecule has 4 heteroatoms. The molecule has 1 aromatic rings. The fourth-order valence-electron chi connectivity index (χ4n) is 2.47. The maximum atomic E-state index is 12.3. The summed E-state index contributed by atoms with van der Waals surface area (Å²) in [5, 5.41) is 0.557. The molecule has 2 rings (SSSR count). The molecule has 1 saturated heterocycles. The van der Waals surface area contributed by atoms with Crippen LogP contribution in [-0.4, -0.2) is 23.4 Å². The van der Waals surface area contributed by atoms with E-state index in [-0.39, 0.29) is 11.9 Å². The molecule has 1 amide bonds. The van der Waals surface area contributed by atoms with Crippen LogP contribution in [0, 0.1) is 5.92 Å². The SMILES string of the molecule is CC1CC(C)N(C(=O)c2ccc(Cl)cc2N)C1. The van der Waals surface area contributed by atoms with E-state index >= 15 is 0 Å². The summed E-state index contributed by atoms with van der Waals surface area (Å²) >= 11 is 5.83. The first kappa shape index (κ1) is 12.2. The quantitative estimate of drug-likeness (QED) is 0.782. The summed E-state index contributed by atoms with van der Waals surface area (Å²) in [7, 11) is 0. The molecule has 0 aliphatic carbocycles. The number of nitrogens with two attached hydrogens (primary N) is 1. The Balaban J connectivity index is 2.25. The molecule has 1 heterocycles. The van der Waals surface area contributed by atoms with Gasteiger partial charge in [-0.05, 0) is 37.5 Å². The monoisotopic (exact) mass is 252 g/mol. The zero-order valence-electron chi connectivity index (χ0n) is 10.1. The van der Waals surface area contributed by atoms with Gasteiger partial charge in [0.1, 0.15) is 0 Å². The molecule has 17 heavy (non-hydrogen) atoms. The topological polar surface area (TPSA) is 46.3 Å². The van der Waals surface area contributed by atoms with Crippen molar-refractivity contribution in [2.45, 2.75) is 26.3 Å². The Morgan fingerprint density at radius 1 is 1.47 bits per heavy atom. The second-order valence-corrected chi connectivity index (χ2v) is 5.32. The number of nitrogens with zero attached hydrogens (tertiary/aromatic N) is 1. The van der Waals surface area contributed by atoms with E-state index < -0.39 is 0 Å². The summed E-state index contributed by atoms with van der Waals surface area (Å²) in [6.45, 7) is 5.05. The molecule has 1 aliphatic heterocycles. The number of halogens is 1. The first-order chi connectivity index (χ1) is 7.99. The Morgan fingerprint density at radius 3 is 2.71 bits per heavy atom. The van der Waals surface area contributed by atoms with Crippen LogP contribution in [0.1, 0.15) is 30.6 Å². The van der Waals surface area contributed by atoms with Crippen molar-refractivity contribution in [2.75, 3.05) is 12.3 Å². The minimum Gasteiger partial charge on any atom is -0.398 e. The van der Waals surface area contributed by atoms with E-state index in [2.05, 4.69) is 13.8 Å². The minimum atomic E-state index is 0.0102. The molecule has 0 aromatic heterocycles. The number of carbonyl (C=O) groups is 1. The van der Waals surface area contributed by atoms with Crippen LogP contribution in [0.2, 0.25) is 5.02 Å². The Bertz CT molecular complexity index is 447. The van der Waals surface area contributed by atoms with Gasteiger partial charge in [-0.3, -0.25) is 4.79 Å². The zero-order chi connectivity index (χ0) is 12.6. The Hall–Kier alpha value is -1.22. The van der Waals surface area contributed by atoms with Gasteiger partial charge >= 0.3 is 0 Å². The summed E-state index contributed by atoms with van der Waals surface area (Å²) in [6.07, 6.45) is 1.05. The first-order valence-corrected chi connectivity index (χ1v) is 6.23. The molecule has 1 aliphatic rings. The highest BCUT2D eigenvalue weighted by molar-refractivity contribution is 6.31. The number of carbonyl (C=O) groups excluding carboxylic acids is 1. The van der Waals surface area contributed by atoms with Gasteiger partial charge in [-0.1, -0.05) is 18.5 Å². The summed E-state index contributed by atoms with van der Waals surface area (Å²) < 4.78 is 0. The van der Waals surface area contributed by atoms with Crippen LogP contribution in [0.5, 0.6) is 0 Å². The third-order valence-corrected chi connectivity index (χ3v) is 3.52. The summed E-state index contributed by atoms with van der Waals surface area (Å²) in [5.74, 6) is 0.568. The average molecular weight is 253 g/mol. The molecule has 0 radical (unpaired) electrons. The molecule has 2 atom stereocenters. The van der Waals surface area contributed by atoms with Gasteiger partial charge in [0.05, 0.1) is 5.56 Å². The van der Waals surface area contributed by atoms with Gasteiger partial charge in [-0.15, -0.1) is 0 Å². The zero-order valence-corrected chi connectivity index (χ0v) is 10.9. The number of anilines is 1. The number of hydrogen-bond acceptors (Lipinski definition) is 2. The van der Waals surface area contributed by atoms with Crippen molar-refractivity contribution in [3.8, 4) is 0 Å². The number of benzene rings is 1. The summed E-state index contributed by atoms with van der Waals surface area (Å²) in [5.41, 5.74) is 6.84. The van der Waals surface area contributed by atoms with E-state index in [4.69, 9.17) is 17.3 Å². The number of likely N-dealkylation sites (tertiary alicyclic amines) is 1. The van der Waals surface area contributed by atoms with E-state index in [1.54, 1.807) is 18.2 Å². The van der Waals surface area contributed by atoms with Crippen LogP contribution in [0.25, 0.3) is 0 Å². The normalized spacial score (nSPS) is 24.1. The van der Waals surface area contributed by atoms with Crippen molar-refractivity contribution in [3.05, 3.63) is 28.8 Å². The molecule has 0 saturated carbocycles. The lowest BCUT2D eigenvalue weighted by molar-refractivity contribution is 0.0745. The highest BCUT2D eigenvalue weighted by Crippen LogP contribution is 2.26. The van der Waals surface area contributed by atoms with Crippen molar-refractivity contribution in [1.82, 2.24) is 4.90 Å². The third-order valence-electron chi connectivity index (χ3n) is 3.29. The summed E-state index contributed by atoms with van der Waals surface area (Å²) in [6, 6.07) is 5.32. The number of amides is 1. The number of rotatable bonds is 1. The fourth-order valence-corrected chi connectivity index (χ4v) is 2.65. The van der Waals surface area contributed by atoms with Crippen molar-refractivity contribution in [2.24, 2.45) is 5.92 Å². The molecule has 0 bridgehead atoms. The van der Waals surface area contributed by atoms with E-state index in [0.717, 1.165) is 13.0 Å². The first-order valence-electron chi connectivity index (χ1n) is 5.85. The number of nitrogen functional groups attached to an aromatic ring is 1. The van der Waals surface area contributed by atoms with Gasteiger partial charge in [-0.25, -0.2) is 0 Å². The van der Waals surface area contributed by atoms with Crippen molar-refractivity contribution >= 4 is 23.2 Å². The van der Waals surface area contributed by atoms with Crippen LogP contribution in [0.15, 0.2) is 18.2 Å². The average Bonchev–Trinajstić information content (AvgIpc) is 2.57. The Kier molecular flexibility index (Phi) is 3.29. The van der Waals surface area contributed by atoms with Crippen molar-refractivity contribution in [3.63, 3.8) is 0 Å². The van der Waals surface area contributed by atoms with Crippen LogP contribution >= 0.6 is 11.6 Å². The highest BCUT2D eigenvalue weighted by Gasteiger charge is 2.31. The molecule has 3 nitrogen and oxygen atoms in total. The van der Waals surface area contributed by atoms with Crippen molar-refractivity contribution in [1.29, 1.82) is 0 Å². The van der Waals surface area contributed by atoms with Gasteiger partial charge in [0, 0.05) is 23.3 Å². The molecule has 92 valence electrons. The lowest BCUT2D eigenvalue weighted by Crippen LogP contribution is -2.34. The molecule has 0 spiro atoms. The molecule has 1 aromatic carbocycles. The smallest absolute Gasteiger partial charge is 0.256 e. The third kappa shape index (κ3) is 2.39. The fraction of sp³-hybridized carbons (Fsp3) is 0.462. The highest BCUT2D eigenvalue weighted by atomic mass is 35.5. The lowest BCUT2D eigenvalue weighted by atomic mass is 10.1. The van der Waals surface area contributed by atoms with E-state index in [1.807, 2.05) is 4.90 Å². The van der Waals surface area contributed by atoms with Crippen molar-refractivity contribution < 1.29 is 4.79 Å². The van der Waals surface area contributed by atoms with Crippen LogP contribution in [-0.2, 0) is 0 Å². The van der Waals surface area contributed by atoms with Gasteiger partial charge in [-0.2, -0.15) is 0 Å². The molecular formula is C13H17ClN2O. The van der Waals surface area contributed by atoms with Crippen LogP contribution in [0.4, 0.5) is 5.69 Å². The second-order valence-electron chi connectivity index (χ2n) is 4.88. The van der Waals surface area contributed by atoms with E-state index in [9.17, 15) is 4.79 Å². The van der Waals surface area contributed by atoms with Gasteiger partial charge in [0.25, 0.3) is 5.91 Å². The number of hydrogen-bond donors (Lipinski definition) is 1. The van der Waals surface area contributed by atoms with Gasteiger partial charge in [0.2, 0.25) is 0 Å². The molecule has 2 unspecified atom stereocenters. The Morgan fingerprint density at radius 2 is 2.18 bits per heavy atom. The van der Waals surface area contributed by atoms with E-state index in [1.165, 1.54) is 0 Å². The van der Waals surface area contributed by atoms with E-state index in [0.29, 0.717) is 22.2 Å². The lowest BCUT2D eigenvalue weighted by Gasteiger charge is -2.22. The van der Waals surface area contributed by atoms with Gasteiger partial charge in [0.15, 0.2) is 0 Å². The standard InChI is InChI=1S/C13H17ClN2O/c1-8-5-9(2)16(7-8)13(17)11-4-3-10(14)6-12(11)15/h3-4,6,8-9H,5,7,15H2,1-2H3.